The predicted molar refractivity (Wildman–Crippen MR) is 358 cm³/mol. The van der Waals surface area contributed by atoms with Crippen LogP contribution in [0.2, 0.25) is 0 Å². The van der Waals surface area contributed by atoms with E-state index < -0.39 is 169 Å². The lowest BCUT2D eigenvalue weighted by Gasteiger charge is -2.29. The number of unbranched alkanes of at least 4 members (excludes halogenated alkanes) is 1. The Balaban J connectivity index is 2.38. The van der Waals surface area contributed by atoms with Crippen molar-refractivity contribution in [2.75, 3.05) is 49.8 Å². The maximum atomic E-state index is 14.1. The number of aliphatic hydroxyl groups excluding tert-OH is 3. The smallest absolute Gasteiger partial charge is 0.326 e. The molecule has 0 bridgehead atoms. The van der Waals surface area contributed by atoms with Crippen LogP contribution in [0, 0.1) is 0 Å². The minimum Gasteiger partial charge on any atom is -0.481 e. The quantitative estimate of drug-likeness (QED) is 0.0127. The summed E-state index contributed by atoms with van der Waals surface area (Å²) in [6, 6.07) is -10.4. The van der Waals surface area contributed by atoms with E-state index in [1.54, 1.807) is 36.7 Å². The number of H-pyrrole nitrogens is 1. The fraction of sp³-hybridized carbons (Fsp3) is 0.607. The number of guanidine groups is 2. The van der Waals surface area contributed by atoms with E-state index in [2.05, 4.69) is 93.4 Å². The molecule has 1 aromatic carbocycles. The van der Waals surface area contributed by atoms with Gasteiger partial charge in [-0.15, -0.1) is 0 Å². The maximum absolute atomic E-state index is 14.1. The van der Waals surface area contributed by atoms with Crippen LogP contribution in [0.3, 0.4) is 0 Å². The number of aliphatic carboxylic acids is 2. The molecular weight excluding hydrogens is 1310 g/mol. The zero-order valence-corrected chi connectivity index (χ0v) is 55.5. The fourth-order valence-corrected chi connectivity index (χ4v) is 9.99. The standard InChI is InChI=1S/C56H93N19O17S3/c1-27(77)42(75-51(88)40(26-94)73-48(85)37(22-29-23-65-32-12-5-4-10-30(29)32)70-44(81)31(58)11-8-19-63-55(59)60)52(89)68-33(13-6-7-18-57)47(84)74-43(28(2)78)53(90)71-38(24-76)49(86)66-34(14-9-20-64-56(61)62)45(82)67-35(15-16-41(79)80)46(83)72-39(25-93)50(87)69-36(54(91)92)17-21-95-3/h4-5,10,12,23,27-28,31,33-40,42-43,65,76-78,93-94H,6-9,11,13-22,24-26,57-58H2,1-3H3,(H,66,86)(H,67,82)(H,68,89)(H,69,87)(H,70,81)(H,71,90)(H,72,83)(H,73,85)(H,74,84)(H,75,88)(H,79,80)(H,91,92)(H4,59,60,63)(H4,61,62,64)/t27-,28-,31+,33+,34+,35+,36+,37+,38+,39+,40+,42+,43+/m1/s1. The second kappa shape index (κ2) is 43.7. The van der Waals surface area contributed by atoms with E-state index in [9.17, 15) is 83.1 Å². The molecule has 0 aliphatic carbocycles. The number of fused-ring (bicyclic) bond motifs is 1. The lowest BCUT2D eigenvalue weighted by molar-refractivity contribution is -0.142. The molecule has 1 heterocycles. The molecule has 2 aromatic rings. The van der Waals surface area contributed by atoms with E-state index in [4.69, 9.17) is 34.4 Å². The summed E-state index contributed by atoms with van der Waals surface area (Å²) >= 11 is 9.67. The van der Waals surface area contributed by atoms with Gasteiger partial charge in [-0.05, 0) is 102 Å². The molecule has 0 radical (unpaired) electrons. The number of thiol groups is 2. The van der Waals surface area contributed by atoms with Crippen molar-refractivity contribution < 1.29 is 83.1 Å². The molecule has 13 atom stereocenters. The molecule has 0 saturated heterocycles. The van der Waals surface area contributed by atoms with Gasteiger partial charge in [-0.25, -0.2) is 4.79 Å². The molecule has 39 heteroatoms. The number of carboxylic acids is 2. The van der Waals surface area contributed by atoms with Gasteiger partial charge in [0.05, 0.1) is 24.9 Å². The molecule has 0 aliphatic rings. The first-order valence-electron chi connectivity index (χ1n) is 30.2. The van der Waals surface area contributed by atoms with Crippen LogP contribution in [0.4, 0.5) is 0 Å². The monoisotopic (exact) mass is 1400 g/mol. The number of carbonyl (C=O) groups is 12. The minimum atomic E-state index is -1.96. The number of aromatic amines is 1. The Labute approximate surface area is 563 Å². The third-order valence-corrected chi connectivity index (χ3v) is 15.6. The van der Waals surface area contributed by atoms with Crippen molar-refractivity contribution in [1.82, 2.24) is 58.2 Å². The van der Waals surface area contributed by atoms with Crippen molar-refractivity contribution in [3.05, 3.63) is 36.0 Å². The lowest BCUT2D eigenvalue weighted by atomic mass is 10.0. The number of para-hydroxylation sites is 1. The number of amides is 10. The van der Waals surface area contributed by atoms with E-state index in [1.165, 1.54) is 11.8 Å². The normalized spacial score (nSPS) is 15.2. The van der Waals surface area contributed by atoms with Gasteiger partial charge in [0.15, 0.2) is 11.9 Å². The molecule has 36 nitrogen and oxygen atoms in total. The number of rotatable bonds is 46. The SMILES string of the molecule is CSCC[C@H](NC(=O)[C@H](CS)NC(=O)[C@H](CCC(=O)O)NC(=O)[C@H](CCCN=C(N)N)NC(=O)[C@H](CO)NC(=O)[C@@H](NC(=O)[C@H](CCCCN)NC(=O)[C@@H](NC(=O)[C@H](CS)NC(=O)[C@H](Cc1c[nH]c2ccccc12)NC(=O)[C@@H](N)CCCN=C(N)N)[C@@H](C)O)[C@@H](C)O)C(=O)O. The number of hydrogen-bond donors (Lipinski definition) is 24. The van der Waals surface area contributed by atoms with E-state index in [1.807, 2.05) is 0 Å². The van der Waals surface area contributed by atoms with Crippen LogP contribution in [0.5, 0.6) is 0 Å². The van der Waals surface area contributed by atoms with Gasteiger partial charge in [0.2, 0.25) is 59.1 Å². The Morgan fingerprint density at radius 2 is 0.958 bits per heavy atom. The third kappa shape index (κ3) is 30.0. The van der Waals surface area contributed by atoms with E-state index >= 15 is 0 Å². The van der Waals surface area contributed by atoms with Crippen molar-refractivity contribution in [3.63, 3.8) is 0 Å². The highest BCUT2D eigenvalue weighted by molar-refractivity contribution is 7.98. The average molecular weight is 1400 g/mol. The number of aliphatic imine (C=N–C) groups is 2. The van der Waals surface area contributed by atoms with Gasteiger partial charge in [-0.2, -0.15) is 37.0 Å². The average Bonchev–Trinajstić information content (AvgIpc) is 1.75. The molecule has 532 valence electrons. The molecule has 0 fully saturated rings. The number of aliphatic hydroxyl groups is 3. The highest BCUT2D eigenvalue weighted by atomic mass is 32.2. The molecule has 1 aromatic heterocycles. The molecule has 0 spiro atoms. The Morgan fingerprint density at radius 1 is 0.537 bits per heavy atom. The summed E-state index contributed by atoms with van der Waals surface area (Å²) in [5, 5.41) is 75.8. The molecule has 28 N–H and O–H groups in total. The van der Waals surface area contributed by atoms with Crippen LogP contribution >= 0.6 is 37.0 Å². The minimum absolute atomic E-state index is 0.0237. The number of benzene rings is 1. The molecule has 0 saturated carbocycles. The molecule has 2 rings (SSSR count). The Morgan fingerprint density at radius 3 is 1.44 bits per heavy atom. The summed E-state index contributed by atoms with van der Waals surface area (Å²) in [5.41, 5.74) is 34.9. The summed E-state index contributed by atoms with van der Waals surface area (Å²) in [7, 11) is 0. The Bertz CT molecular complexity index is 2950. The zero-order chi connectivity index (χ0) is 71.5. The van der Waals surface area contributed by atoms with E-state index in [-0.39, 0.29) is 88.0 Å². The second-order valence-electron chi connectivity index (χ2n) is 21.9. The summed E-state index contributed by atoms with van der Waals surface area (Å²) in [6.45, 7) is 1.21. The largest absolute Gasteiger partial charge is 0.481 e. The first-order chi connectivity index (χ1) is 44.9. The van der Waals surface area contributed by atoms with Crippen LogP contribution in [-0.4, -0.2) is 242 Å². The number of carboxylic acid groups (broad SMARTS) is 2. The highest BCUT2D eigenvalue weighted by Crippen LogP contribution is 2.20. The molecule has 0 aliphatic heterocycles. The third-order valence-electron chi connectivity index (χ3n) is 14.3. The van der Waals surface area contributed by atoms with Gasteiger partial charge in [-0.3, -0.25) is 62.7 Å². The van der Waals surface area contributed by atoms with Crippen molar-refractivity contribution in [3.8, 4) is 0 Å². The summed E-state index contributed by atoms with van der Waals surface area (Å²) in [6.07, 6.45) is -1.08. The number of hydrogen-bond acceptors (Lipinski definition) is 22. The number of nitrogens with one attached hydrogen (secondary N) is 11. The molecule has 0 unspecified atom stereocenters. The van der Waals surface area contributed by atoms with Crippen molar-refractivity contribution in [1.29, 1.82) is 0 Å². The van der Waals surface area contributed by atoms with E-state index in [0.717, 1.165) is 24.8 Å². The van der Waals surface area contributed by atoms with Crippen LogP contribution in [0.1, 0.15) is 83.6 Å². The second-order valence-corrected chi connectivity index (χ2v) is 23.6. The van der Waals surface area contributed by atoms with Gasteiger partial charge >= 0.3 is 11.9 Å². The van der Waals surface area contributed by atoms with Gasteiger partial charge in [0.1, 0.15) is 60.4 Å². The number of nitrogens with zero attached hydrogens (tertiary/aromatic N) is 2. The Hall–Kier alpha value is -8.21. The molecule has 10 amide bonds. The van der Waals surface area contributed by atoms with Gasteiger partial charge < -0.3 is 118 Å². The van der Waals surface area contributed by atoms with Crippen LogP contribution in [0.15, 0.2) is 40.4 Å². The zero-order valence-electron chi connectivity index (χ0n) is 52.9. The molecule has 95 heavy (non-hydrogen) atoms. The van der Waals surface area contributed by atoms with Gasteiger partial charge in [-0.1, -0.05) is 18.2 Å². The van der Waals surface area contributed by atoms with Gasteiger partial charge in [0, 0.05) is 54.5 Å². The number of nitrogens with two attached hydrogens (primary N) is 6. The topological polar surface area (TPSA) is 623 Å². The summed E-state index contributed by atoms with van der Waals surface area (Å²) in [4.78, 5) is 173. The number of thioether (sulfide) groups is 1. The van der Waals surface area contributed by atoms with Crippen LogP contribution in [0.25, 0.3) is 10.9 Å². The Kier molecular flexibility index (Phi) is 38.1. The first kappa shape index (κ1) is 82.9. The maximum Gasteiger partial charge on any atom is 0.326 e. The lowest BCUT2D eigenvalue weighted by Crippen LogP contribution is -2.63. The van der Waals surface area contributed by atoms with Crippen molar-refractivity contribution in [2.24, 2.45) is 44.4 Å². The first-order valence-corrected chi connectivity index (χ1v) is 32.9. The van der Waals surface area contributed by atoms with Crippen LogP contribution in [-0.2, 0) is 64.0 Å². The number of aromatic nitrogens is 1. The van der Waals surface area contributed by atoms with Gasteiger partial charge in [0.25, 0.3) is 0 Å². The number of carbonyl (C=O) groups excluding carboxylic acids is 10. The summed E-state index contributed by atoms with van der Waals surface area (Å²) in [5.74, 6) is -14.3. The summed E-state index contributed by atoms with van der Waals surface area (Å²) < 4.78 is 0. The van der Waals surface area contributed by atoms with Crippen molar-refractivity contribution in [2.45, 2.75) is 163 Å². The predicted octanol–water partition coefficient (Wildman–Crippen LogP) is -7.56. The van der Waals surface area contributed by atoms with E-state index in [0.29, 0.717) is 24.2 Å². The highest BCUT2D eigenvalue weighted by Gasteiger charge is 2.38. The fourth-order valence-electron chi connectivity index (χ4n) is 9.01. The van der Waals surface area contributed by atoms with Crippen molar-refractivity contribution >= 4 is 131 Å². The molecular formula is C56H93N19O17S3. The van der Waals surface area contributed by atoms with Crippen LogP contribution < -0.4 is 87.6 Å².